The van der Waals surface area contributed by atoms with Crippen molar-refractivity contribution in [2.24, 2.45) is 12.0 Å². The third kappa shape index (κ3) is 2.69. The van der Waals surface area contributed by atoms with E-state index in [2.05, 4.69) is 35.9 Å². The molecule has 2 aromatic carbocycles. The summed E-state index contributed by atoms with van der Waals surface area (Å²) in [6.45, 7) is 0.825. The molecule has 0 aliphatic heterocycles. The molecule has 0 bridgehead atoms. The summed E-state index contributed by atoms with van der Waals surface area (Å²) < 4.78 is 2.22. The molecule has 4 rings (SSSR count). The summed E-state index contributed by atoms with van der Waals surface area (Å²) in [6.07, 6.45) is 2.99. The van der Waals surface area contributed by atoms with Crippen LogP contribution in [0.15, 0.2) is 53.5 Å². The third-order valence-electron chi connectivity index (χ3n) is 4.72. The fourth-order valence-electron chi connectivity index (χ4n) is 3.61. The van der Waals surface area contributed by atoms with Gasteiger partial charge in [-0.15, -0.1) is 0 Å². The van der Waals surface area contributed by atoms with Crippen LogP contribution in [0.1, 0.15) is 23.2 Å². The first-order chi connectivity index (χ1) is 11.2. The van der Waals surface area contributed by atoms with Crippen LogP contribution in [0.4, 0.5) is 0 Å². The van der Waals surface area contributed by atoms with Crippen molar-refractivity contribution in [3.05, 3.63) is 65.4 Å². The van der Waals surface area contributed by atoms with Gasteiger partial charge in [-0.2, -0.15) is 0 Å². The molecule has 1 aliphatic rings. The van der Waals surface area contributed by atoms with E-state index in [0.29, 0.717) is 5.75 Å². The summed E-state index contributed by atoms with van der Waals surface area (Å²) in [5, 5.41) is 10.9. The number of hydrogen-bond acceptors (Lipinski definition) is 2. The normalized spacial score (nSPS) is 14.8. The zero-order valence-corrected chi connectivity index (χ0v) is 13.8. The van der Waals surface area contributed by atoms with Crippen LogP contribution in [-0.4, -0.2) is 27.4 Å². The number of nitrogens with zero attached hydrogens (tertiary/aromatic N) is 2. The van der Waals surface area contributed by atoms with E-state index in [4.69, 9.17) is 4.99 Å². The molecule has 3 aromatic rings. The largest absolute Gasteiger partial charge is 0.508 e. The van der Waals surface area contributed by atoms with Gasteiger partial charge in [0.15, 0.2) is 0 Å². The molecule has 0 atom stereocenters. The Hall–Kier alpha value is -2.59. The molecule has 4 nitrogen and oxygen atoms in total. The summed E-state index contributed by atoms with van der Waals surface area (Å²) in [4.78, 5) is 4.87. The van der Waals surface area contributed by atoms with Gasteiger partial charge in [-0.05, 0) is 48.6 Å². The summed E-state index contributed by atoms with van der Waals surface area (Å²) in [6, 6.07) is 16.1. The monoisotopic (exact) mass is 322 g/mol. The number of aryl methyl sites for hydroxylation is 2. The molecule has 1 aliphatic carbocycles. The van der Waals surface area contributed by atoms with Crippen LogP contribution in [0.3, 0.4) is 0 Å². The van der Waals surface area contributed by atoms with Crippen LogP contribution in [-0.2, 0) is 19.9 Å². The van der Waals surface area contributed by atoms with E-state index >= 15 is 0 Å². The summed E-state index contributed by atoms with van der Waals surface area (Å²) in [5.74, 6) is 0.334. The van der Waals surface area contributed by atoms with Crippen LogP contribution in [0.2, 0.25) is 0 Å². The number of aromatic hydroxyl groups is 1. The van der Waals surface area contributed by atoms with Gasteiger partial charge in [0.05, 0.1) is 11.4 Å². The first-order valence-corrected chi connectivity index (χ1v) is 8.12. The van der Waals surface area contributed by atoms with Crippen LogP contribution in [0.25, 0.3) is 10.9 Å². The van der Waals surface area contributed by atoms with Crippen molar-refractivity contribution in [1.82, 2.24) is 4.57 Å². The lowest BCUT2D eigenvalue weighted by atomic mass is 10.1. The molecule has 1 aromatic heterocycles. The molecule has 3 N–H and O–H groups in total. The Morgan fingerprint density at radius 1 is 1.08 bits per heavy atom. The molecular weight excluding hydrogens is 300 g/mol. The zero-order valence-electron chi connectivity index (χ0n) is 13.8. The first-order valence-electron chi connectivity index (χ1n) is 8.12. The van der Waals surface area contributed by atoms with Crippen molar-refractivity contribution in [2.45, 2.75) is 19.3 Å². The van der Waals surface area contributed by atoms with E-state index in [9.17, 15) is 5.11 Å². The van der Waals surface area contributed by atoms with Gasteiger partial charge in [0.25, 0.3) is 0 Å². The lowest BCUT2D eigenvalue weighted by Crippen LogP contribution is -2.05. The second kappa shape index (κ2) is 6.49. The molecule has 0 amide bonds. The lowest BCUT2D eigenvalue weighted by Gasteiger charge is -2.05. The maximum atomic E-state index is 9.76. The quantitative estimate of drug-likeness (QED) is 0.791. The number of benzene rings is 2. The molecular formula is C20H22N2O2. The molecule has 0 saturated carbocycles. The lowest BCUT2D eigenvalue weighted by molar-refractivity contribution is 0.476. The fourth-order valence-corrected chi connectivity index (χ4v) is 3.61. The second-order valence-electron chi connectivity index (χ2n) is 6.15. The Morgan fingerprint density at radius 3 is 2.67 bits per heavy atom. The zero-order chi connectivity index (χ0) is 15.8. The molecule has 0 fully saturated rings. The third-order valence-corrected chi connectivity index (χ3v) is 4.72. The van der Waals surface area contributed by atoms with Crippen molar-refractivity contribution in [3.63, 3.8) is 0 Å². The Bertz CT molecular complexity index is 895. The number of fused-ring (bicyclic) bond motifs is 3. The van der Waals surface area contributed by atoms with Crippen LogP contribution in [0.5, 0.6) is 5.75 Å². The van der Waals surface area contributed by atoms with Crippen LogP contribution < -0.4 is 0 Å². The number of phenolic OH excluding ortho intramolecular Hbond substituents is 1. The first kappa shape index (κ1) is 16.3. The predicted octanol–water partition coefficient (Wildman–Crippen LogP) is 3.04. The average Bonchev–Trinajstić information content (AvgIpc) is 3.09. The number of aromatic nitrogens is 1. The van der Waals surface area contributed by atoms with Gasteiger partial charge in [0.1, 0.15) is 5.75 Å². The standard InChI is InChI=1S/C20H20N2O.H2O/c1-22-19-10-7-15(23)13-17(19)16-8-9-18(20(16)22)21-12-11-14-5-3-2-4-6-14;/h2-7,10,13,23H,8-9,11-12H2,1H3;1H2. The Kier molecular flexibility index (Phi) is 4.40. The van der Waals surface area contributed by atoms with Gasteiger partial charge in [-0.3, -0.25) is 4.99 Å². The highest BCUT2D eigenvalue weighted by Crippen LogP contribution is 2.34. The number of hydrogen-bond donors (Lipinski definition) is 1. The predicted molar refractivity (Wildman–Crippen MR) is 98.1 cm³/mol. The van der Waals surface area contributed by atoms with Gasteiger partial charge >= 0.3 is 0 Å². The number of phenols is 1. The fraction of sp³-hybridized carbons (Fsp3) is 0.250. The SMILES string of the molecule is Cn1c2c(c3cc(O)ccc31)CCC2=NCCc1ccccc1.O. The topological polar surface area (TPSA) is 69.0 Å². The Balaban J connectivity index is 0.00000169. The molecule has 124 valence electrons. The minimum absolute atomic E-state index is 0. The van der Waals surface area contributed by atoms with Gasteiger partial charge in [0, 0.05) is 24.5 Å². The highest BCUT2D eigenvalue weighted by Gasteiger charge is 2.25. The summed E-state index contributed by atoms with van der Waals surface area (Å²) in [7, 11) is 2.09. The van der Waals surface area contributed by atoms with Gasteiger partial charge in [-0.25, -0.2) is 0 Å². The van der Waals surface area contributed by atoms with E-state index in [0.717, 1.165) is 31.2 Å². The molecule has 4 heteroatoms. The van der Waals surface area contributed by atoms with Crippen molar-refractivity contribution in [2.75, 3.05) is 6.54 Å². The van der Waals surface area contributed by atoms with Crippen molar-refractivity contribution in [1.29, 1.82) is 0 Å². The van der Waals surface area contributed by atoms with Gasteiger partial charge in [0.2, 0.25) is 0 Å². The van der Waals surface area contributed by atoms with Crippen molar-refractivity contribution in [3.8, 4) is 5.75 Å². The number of rotatable bonds is 3. The molecule has 0 unspecified atom stereocenters. The molecule has 1 heterocycles. The molecule has 0 radical (unpaired) electrons. The minimum atomic E-state index is 0. The molecule has 24 heavy (non-hydrogen) atoms. The second-order valence-corrected chi connectivity index (χ2v) is 6.15. The van der Waals surface area contributed by atoms with Crippen molar-refractivity contribution >= 4 is 16.6 Å². The smallest absolute Gasteiger partial charge is 0.116 e. The van der Waals surface area contributed by atoms with Gasteiger partial charge in [-0.1, -0.05) is 30.3 Å². The van der Waals surface area contributed by atoms with Crippen molar-refractivity contribution < 1.29 is 10.6 Å². The maximum Gasteiger partial charge on any atom is 0.116 e. The minimum Gasteiger partial charge on any atom is -0.508 e. The average molecular weight is 322 g/mol. The highest BCUT2D eigenvalue weighted by atomic mass is 16.3. The van der Waals surface area contributed by atoms with Gasteiger partial charge < -0.3 is 15.1 Å². The number of aliphatic imine (C=N–C) groups is 1. The van der Waals surface area contributed by atoms with E-state index in [1.807, 2.05) is 18.2 Å². The van der Waals surface area contributed by atoms with Crippen LogP contribution in [0, 0.1) is 0 Å². The van der Waals surface area contributed by atoms with Crippen LogP contribution >= 0.6 is 0 Å². The molecule has 0 saturated heterocycles. The van der Waals surface area contributed by atoms with E-state index in [1.165, 1.54) is 28.0 Å². The Labute approximate surface area is 141 Å². The molecule has 0 spiro atoms. The highest BCUT2D eigenvalue weighted by molar-refractivity contribution is 6.09. The maximum absolute atomic E-state index is 9.76. The van der Waals surface area contributed by atoms with E-state index < -0.39 is 0 Å². The Morgan fingerprint density at radius 2 is 1.88 bits per heavy atom. The van der Waals surface area contributed by atoms with E-state index in [-0.39, 0.29) is 5.48 Å². The summed E-state index contributed by atoms with van der Waals surface area (Å²) >= 11 is 0. The van der Waals surface area contributed by atoms with E-state index in [1.54, 1.807) is 6.07 Å². The summed E-state index contributed by atoms with van der Waals surface area (Å²) in [5.41, 5.74) is 6.28.